The van der Waals surface area contributed by atoms with Crippen molar-refractivity contribution in [2.24, 2.45) is 0 Å². The molecular formula is C14H27N3O. The first kappa shape index (κ1) is 13.8. The zero-order chi connectivity index (χ0) is 13.3. The minimum absolute atomic E-state index is 0.0325. The van der Waals surface area contributed by atoms with Gasteiger partial charge in [-0.1, -0.05) is 0 Å². The van der Waals surface area contributed by atoms with E-state index in [4.69, 9.17) is 0 Å². The summed E-state index contributed by atoms with van der Waals surface area (Å²) in [6.45, 7) is 6.03. The van der Waals surface area contributed by atoms with E-state index >= 15 is 0 Å². The highest BCUT2D eigenvalue weighted by molar-refractivity contribution is 5.81. The van der Waals surface area contributed by atoms with E-state index in [0.29, 0.717) is 18.1 Å². The number of likely N-dealkylation sites (N-methyl/N-ethyl adjacent to an activating group) is 1. The molecule has 3 atom stereocenters. The van der Waals surface area contributed by atoms with E-state index in [0.717, 1.165) is 0 Å². The number of rotatable bonds is 4. The maximum absolute atomic E-state index is 12.0. The fraction of sp³-hybridized carbons (Fsp3) is 0.929. The molecule has 4 nitrogen and oxygen atoms in total. The summed E-state index contributed by atoms with van der Waals surface area (Å²) in [5, 5.41) is 6.65. The third kappa shape index (κ3) is 3.04. The van der Waals surface area contributed by atoms with Gasteiger partial charge in [-0.15, -0.1) is 0 Å². The van der Waals surface area contributed by atoms with Crippen LogP contribution in [0, 0.1) is 0 Å². The van der Waals surface area contributed by atoms with Gasteiger partial charge in [0.15, 0.2) is 0 Å². The maximum Gasteiger partial charge on any atom is 0.237 e. The molecule has 4 heteroatoms. The first-order valence-corrected chi connectivity index (χ1v) is 7.25. The van der Waals surface area contributed by atoms with Gasteiger partial charge < -0.3 is 10.6 Å². The molecule has 0 aromatic rings. The van der Waals surface area contributed by atoms with Gasteiger partial charge in [-0.25, -0.2) is 0 Å². The van der Waals surface area contributed by atoms with Crippen molar-refractivity contribution in [2.75, 3.05) is 7.05 Å². The van der Waals surface area contributed by atoms with Crippen LogP contribution < -0.4 is 10.6 Å². The van der Waals surface area contributed by atoms with Gasteiger partial charge in [-0.2, -0.15) is 0 Å². The molecule has 0 aromatic heterocycles. The number of amides is 1. The van der Waals surface area contributed by atoms with Crippen LogP contribution in [0.25, 0.3) is 0 Å². The third-order valence-corrected chi connectivity index (χ3v) is 4.45. The Bertz CT molecular complexity index is 293. The summed E-state index contributed by atoms with van der Waals surface area (Å²) in [5.41, 5.74) is 0. The van der Waals surface area contributed by atoms with Crippen molar-refractivity contribution in [3.63, 3.8) is 0 Å². The molecule has 3 unspecified atom stereocenters. The molecule has 1 amide bonds. The zero-order valence-electron chi connectivity index (χ0n) is 12.1. The van der Waals surface area contributed by atoms with Crippen LogP contribution in [0.3, 0.4) is 0 Å². The molecule has 2 rings (SSSR count). The minimum Gasteiger partial charge on any atom is -0.353 e. The predicted molar refractivity (Wildman–Crippen MR) is 73.5 cm³/mol. The van der Waals surface area contributed by atoms with E-state index in [-0.39, 0.29) is 18.0 Å². The molecule has 2 aliphatic heterocycles. The number of hydrogen-bond donors (Lipinski definition) is 2. The van der Waals surface area contributed by atoms with Crippen LogP contribution in [-0.2, 0) is 4.79 Å². The van der Waals surface area contributed by atoms with Gasteiger partial charge in [0, 0.05) is 24.2 Å². The van der Waals surface area contributed by atoms with Crippen LogP contribution in [-0.4, -0.2) is 48.1 Å². The van der Waals surface area contributed by atoms with Crippen LogP contribution in [0.5, 0.6) is 0 Å². The second-order valence-corrected chi connectivity index (χ2v) is 6.27. The summed E-state index contributed by atoms with van der Waals surface area (Å²) >= 11 is 0. The summed E-state index contributed by atoms with van der Waals surface area (Å²) in [4.78, 5) is 14.3. The van der Waals surface area contributed by atoms with Crippen molar-refractivity contribution in [1.29, 1.82) is 0 Å². The zero-order valence-corrected chi connectivity index (χ0v) is 12.1. The Morgan fingerprint density at radius 1 is 1.22 bits per heavy atom. The number of fused-ring (bicyclic) bond motifs is 2. The molecule has 0 saturated carbocycles. The molecular weight excluding hydrogens is 226 g/mol. The summed E-state index contributed by atoms with van der Waals surface area (Å²) < 4.78 is 0. The van der Waals surface area contributed by atoms with Gasteiger partial charge in [-0.3, -0.25) is 9.69 Å². The first-order chi connectivity index (χ1) is 8.47. The predicted octanol–water partition coefficient (Wildman–Crippen LogP) is 1.11. The summed E-state index contributed by atoms with van der Waals surface area (Å²) in [5.74, 6) is 0.151. The van der Waals surface area contributed by atoms with Crippen molar-refractivity contribution < 1.29 is 4.79 Å². The van der Waals surface area contributed by atoms with E-state index in [1.165, 1.54) is 25.7 Å². The summed E-state index contributed by atoms with van der Waals surface area (Å²) in [7, 11) is 2.10. The topological polar surface area (TPSA) is 44.4 Å². The fourth-order valence-corrected chi connectivity index (χ4v) is 3.27. The molecule has 0 radical (unpaired) electrons. The van der Waals surface area contributed by atoms with Gasteiger partial charge in [0.2, 0.25) is 5.91 Å². The lowest BCUT2D eigenvalue weighted by Gasteiger charge is -2.38. The van der Waals surface area contributed by atoms with E-state index < -0.39 is 0 Å². The molecule has 2 aliphatic rings. The largest absolute Gasteiger partial charge is 0.353 e. The van der Waals surface area contributed by atoms with E-state index in [2.05, 4.69) is 22.6 Å². The Kier molecular flexibility index (Phi) is 4.28. The maximum atomic E-state index is 12.0. The lowest BCUT2D eigenvalue weighted by atomic mass is 9.97. The molecule has 0 spiro atoms. The van der Waals surface area contributed by atoms with Crippen molar-refractivity contribution in [1.82, 2.24) is 15.5 Å². The normalized spacial score (nSPS) is 32.9. The van der Waals surface area contributed by atoms with Crippen LogP contribution in [0.2, 0.25) is 0 Å². The molecule has 2 fully saturated rings. The lowest BCUT2D eigenvalue weighted by Crippen LogP contribution is -2.53. The molecule has 2 N–H and O–H groups in total. The van der Waals surface area contributed by atoms with Crippen LogP contribution in [0.4, 0.5) is 0 Å². The van der Waals surface area contributed by atoms with Crippen LogP contribution >= 0.6 is 0 Å². The molecule has 104 valence electrons. The van der Waals surface area contributed by atoms with Gasteiger partial charge in [-0.05, 0) is 53.5 Å². The van der Waals surface area contributed by atoms with Crippen molar-refractivity contribution in [2.45, 2.75) is 76.7 Å². The number of piperidine rings is 1. The Labute approximate surface area is 110 Å². The molecule has 2 saturated heterocycles. The first-order valence-electron chi connectivity index (χ1n) is 7.25. The summed E-state index contributed by atoms with van der Waals surface area (Å²) in [6.07, 6.45) is 4.99. The van der Waals surface area contributed by atoms with Crippen molar-refractivity contribution >= 4 is 5.91 Å². The standard InChI is InChI=1S/C14H27N3O/c1-9(2)15-14(18)10(3)17(4)13-7-11-5-6-12(8-13)16-11/h9-13,16H,5-8H2,1-4H3,(H,15,18). The second-order valence-electron chi connectivity index (χ2n) is 6.27. The summed E-state index contributed by atoms with van der Waals surface area (Å²) in [6, 6.07) is 2.09. The molecule has 0 aromatic carbocycles. The molecule has 18 heavy (non-hydrogen) atoms. The minimum atomic E-state index is -0.0325. The quantitative estimate of drug-likeness (QED) is 0.789. The highest BCUT2D eigenvalue weighted by Crippen LogP contribution is 2.29. The van der Waals surface area contributed by atoms with E-state index in [1.807, 2.05) is 20.8 Å². The third-order valence-electron chi connectivity index (χ3n) is 4.45. The van der Waals surface area contributed by atoms with E-state index in [9.17, 15) is 4.79 Å². The Morgan fingerprint density at radius 2 is 1.78 bits per heavy atom. The van der Waals surface area contributed by atoms with Gasteiger partial charge in [0.1, 0.15) is 0 Å². The SMILES string of the molecule is CC(C)NC(=O)C(C)N(C)C1CC2CCC(C1)N2. The highest BCUT2D eigenvalue weighted by Gasteiger charge is 2.37. The van der Waals surface area contributed by atoms with Crippen LogP contribution in [0.15, 0.2) is 0 Å². The number of nitrogens with one attached hydrogen (secondary N) is 2. The van der Waals surface area contributed by atoms with E-state index in [1.54, 1.807) is 0 Å². The van der Waals surface area contributed by atoms with Crippen LogP contribution in [0.1, 0.15) is 46.5 Å². The molecule has 0 aliphatic carbocycles. The molecule has 2 bridgehead atoms. The van der Waals surface area contributed by atoms with Gasteiger partial charge in [0.05, 0.1) is 6.04 Å². The number of carbonyl (C=O) groups is 1. The Balaban J connectivity index is 1.90. The number of carbonyl (C=O) groups excluding carboxylic acids is 1. The average molecular weight is 253 g/mol. The Morgan fingerprint density at radius 3 is 2.28 bits per heavy atom. The second kappa shape index (κ2) is 5.57. The smallest absolute Gasteiger partial charge is 0.237 e. The van der Waals surface area contributed by atoms with Crippen molar-refractivity contribution in [3.05, 3.63) is 0 Å². The fourth-order valence-electron chi connectivity index (χ4n) is 3.27. The molecule has 2 heterocycles. The highest BCUT2D eigenvalue weighted by atomic mass is 16.2. The lowest BCUT2D eigenvalue weighted by molar-refractivity contribution is -0.127. The van der Waals surface area contributed by atoms with Gasteiger partial charge in [0.25, 0.3) is 0 Å². The average Bonchev–Trinajstić information content (AvgIpc) is 2.65. The van der Waals surface area contributed by atoms with Crippen molar-refractivity contribution in [3.8, 4) is 0 Å². The Hall–Kier alpha value is -0.610. The number of hydrogen-bond acceptors (Lipinski definition) is 3. The monoisotopic (exact) mass is 253 g/mol. The number of nitrogens with zero attached hydrogens (tertiary/aromatic N) is 1. The van der Waals surface area contributed by atoms with Gasteiger partial charge >= 0.3 is 0 Å².